The van der Waals surface area contributed by atoms with E-state index in [9.17, 15) is 23.9 Å². The fraction of sp³-hybridized carbons (Fsp3) is 0.462. The molecule has 2 aromatic rings. The van der Waals surface area contributed by atoms with Gasteiger partial charge in [0, 0.05) is 29.1 Å². The number of rotatable bonds is 10. The van der Waals surface area contributed by atoms with Gasteiger partial charge < -0.3 is 20.2 Å². The number of benzene rings is 1. The molecule has 1 aromatic carbocycles. The number of nitrogens with one attached hydrogen (secondary N) is 1. The van der Waals surface area contributed by atoms with Gasteiger partial charge in [-0.1, -0.05) is 27.2 Å². The van der Waals surface area contributed by atoms with Gasteiger partial charge >= 0.3 is 11.9 Å². The topological polar surface area (TPSA) is 108 Å². The summed E-state index contributed by atoms with van der Waals surface area (Å²) in [4.78, 5) is 39.5. The zero-order valence-corrected chi connectivity index (χ0v) is 21.0. The molecule has 35 heavy (non-hydrogen) atoms. The number of ether oxygens (including phenoxy) is 1. The van der Waals surface area contributed by atoms with Crippen molar-refractivity contribution >= 4 is 34.9 Å². The maximum absolute atomic E-state index is 14.5. The molecule has 1 atom stereocenters. The minimum atomic E-state index is -0.889. The monoisotopic (exact) mass is 502 g/mol. The Balaban J connectivity index is 1.62. The maximum atomic E-state index is 14.5. The molecular formula is C26H31FN2O5S. The van der Waals surface area contributed by atoms with Crippen LogP contribution in [0.5, 0.6) is 5.75 Å². The second-order valence-corrected chi connectivity index (χ2v) is 10.7. The first-order valence-electron chi connectivity index (χ1n) is 11.7. The van der Waals surface area contributed by atoms with Gasteiger partial charge in [0.05, 0.1) is 5.92 Å². The Hall–Kier alpha value is -3.07. The molecule has 1 aliphatic rings. The van der Waals surface area contributed by atoms with Gasteiger partial charge in [0.1, 0.15) is 4.88 Å². The number of nitrogens with zero attached hydrogens (tertiary/aromatic N) is 1. The average Bonchev–Trinajstić information content (AvgIpc) is 3.48. The van der Waals surface area contributed by atoms with Gasteiger partial charge in [-0.2, -0.15) is 0 Å². The second-order valence-electron chi connectivity index (χ2n) is 9.52. The van der Waals surface area contributed by atoms with E-state index in [0.717, 1.165) is 17.7 Å². The Labute approximate surface area is 208 Å². The molecule has 0 bridgehead atoms. The third-order valence-corrected chi connectivity index (χ3v) is 7.21. The Morgan fingerprint density at radius 2 is 2.00 bits per heavy atom. The molecule has 9 heteroatoms. The molecule has 0 spiro atoms. The third-order valence-electron chi connectivity index (χ3n) is 6.15. The number of amides is 1. The molecule has 0 saturated carbocycles. The molecule has 1 fully saturated rings. The zero-order valence-electron chi connectivity index (χ0n) is 20.2. The number of carboxylic acid groups (broad SMARTS) is 1. The van der Waals surface area contributed by atoms with Gasteiger partial charge in [-0.05, 0) is 61.6 Å². The van der Waals surface area contributed by atoms with Crippen LogP contribution >= 0.6 is 11.3 Å². The van der Waals surface area contributed by atoms with Crippen molar-refractivity contribution in [2.45, 2.75) is 52.9 Å². The number of likely N-dealkylation sites (tertiary alicyclic amines) is 1. The summed E-state index contributed by atoms with van der Waals surface area (Å²) in [5, 5.41) is 17.2. The Kier molecular flexibility index (Phi) is 8.43. The van der Waals surface area contributed by atoms with Crippen molar-refractivity contribution in [3.63, 3.8) is 0 Å². The van der Waals surface area contributed by atoms with E-state index in [-0.39, 0.29) is 23.1 Å². The number of carbonyl (C=O) groups is 3. The predicted octanol–water partition coefficient (Wildman–Crippen LogP) is 5.17. The van der Waals surface area contributed by atoms with E-state index < -0.39 is 29.1 Å². The minimum Gasteiger partial charge on any atom is -0.481 e. The number of aliphatic carboxylic acids is 1. The van der Waals surface area contributed by atoms with Crippen molar-refractivity contribution in [2.24, 2.45) is 11.3 Å². The standard InChI is InChI=1S/C26H31FN2O5S/c1-4-5-6-20(28)16-7-9-21(19(27)13-16)34-24(32)22-10-8-18(35-22)14-26(2,3)25(33)29-12-11-17(15-29)23(30)31/h7-10,13,17,28H,4-6,11-12,14-15H2,1-3H3,(H,30,31). The molecular weight excluding hydrogens is 471 g/mol. The molecule has 1 saturated heterocycles. The minimum absolute atomic E-state index is 0.120. The Bertz CT molecular complexity index is 1130. The molecule has 2 heterocycles. The van der Waals surface area contributed by atoms with Crippen molar-refractivity contribution < 1.29 is 28.6 Å². The van der Waals surface area contributed by atoms with Gasteiger partial charge in [0.15, 0.2) is 11.6 Å². The summed E-state index contributed by atoms with van der Waals surface area (Å²) in [6.45, 7) is 6.26. The molecule has 1 aliphatic heterocycles. The highest BCUT2D eigenvalue weighted by atomic mass is 32.1. The number of halogens is 1. The summed E-state index contributed by atoms with van der Waals surface area (Å²) in [7, 11) is 0. The van der Waals surface area contributed by atoms with Crippen LogP contribution in [0.15, 0.2) is 30.3 Å². The van der Waals surface area contributed by atoms with Gasteiger partial charge in [0.25, 0.3) is 0 Å². The number of unbranched alkanes of at least 4 members (excludes halogenated alkanes) is 1. The van der Waals surface area contributed by atoms with E-state index >= 15 is 0 Å². The molecule has 0 aliphatic carbocycles. The molecule has 2 N–H and O–H groups in total. The second kappa shape index (κ2) is 11.1. The van der Waals surface area contributed by atoms with Gasteiger partial charge in [-0.3, -0.25) is 9.59 Å². The van der Waals surface area contributed by atoms with Crippen molar-refractivity contribution in [2.75, 3.05) is 13.1 Å². The van der Waals surface area contributed by atoms with E-state index in [4.69, 9.17) is 10.1 Å². The van der Waals surface area contributed by atoms with E-state index in [1.807, 2.05) is 6.92 Å². The summed E-state index contributed by atoms with van der Waals surface area (Å²) >= 11 is 1.18. The van der Waals surface area contributed by atoms with Crippen LogP contribution in [0.25, 0.3) is 0 Å². The van der Waals surface area contributed by atoms with Gasteiger partial charge in [-0.15, -0.1) is 11.3 Å². The highest BCUT2D eigenvalue weighted by Gasteiger charge is 2.38. The first-order chi connectivity index (χ1) is 16.5. The van der Waals surface area contributed by atoms with E-state index in [1.165, 1.54) is 23.5 Å². The number of hydrogen-bond acceptors (Lipinski definition) is 6. The smallest absolute Gasteiger partial charge is 0.353 e. The summed E-state index contributed by atoms with van der Waals surface area (Å²) in [6, 6.07) is 7.48. The predicted molar refractivity (Wildman–Crippen MR) is 132 cm³/mol. The molecule has 3 rings (SSSR count). The maximum Gasteiger partial charge on any atom is 0.353 e. The SMILES string of the molecule is CCCCC(=N)c1ccc(OC(=O)c2ccc(CC(C)(C)C(=O)N3CCC(C(=O)O)C3)s2)c(F)c1. The number of carboxylic acids is 1. The summed E-state index contributed by atoms with van der Waals surface area (Å²) < 4.78 is 19.7. The van der Waals surface area contributed by atoms with Crippen LogP contribution in [-0.2, 0) is 16.0 Å². The van der Waals surface area contributed by atoms with Crippen molar-refractivity contribution in [3.8, 4) is 5.75 Å². The van der Waals surface area contributed by atoms with Crippen molar-refractivity contribution in [1.82, 2.24) is 4.90 Å². The van der Waals surface area contributed by atoms with Crippen LogP contribution in [0.1, 0.15) is 66.6 Å². The fourth-order valence-electron chi connectivity index (χ4n) is 4.09. The quantitative estimate of drug-likeness (QED) is 0.265. The summed E-state index contributed by atoms with van der Waals surface area (Å²) in [5.74, 6) is -3.14. The van der Waals surface area contributed by atoms with Crippen LogP contribution in [-0.4, -0.2) is 46.7 Å². The normalized spacial score (nSPS) is 15.8. The average molecular weight is 503 g/mol. The lowest BCUT2D eigenvalue weighted by atomic mass is 9.87. The van der Waals surface area contributed by atoms with E-state index in [0.29, 0.717) is 37.1 Å². The van der Waals surface area contributed by atoms with Crippen molar-refractivity contribution in [3.05, 3.63) is 51.5 Å². The largest absolute Gasteiger partial charge is 0.481 e. The molecule has 1 amide bonds. The highest BCUT2D eigenvalue weighted by molar-refractivity contribution is 7.14. The molecule has 7 nitrogen and oxygen atoms in total. The highest BCUT2D eigenvalue weighted by Crippen LogP contribution is 2.31. The van der Waals surface area contributed by atoms with Crippen LogP contribution in [0.4, 0.5) is 4.39 Å². The van der Waals surface area contributed by atoms with Crippen LogP contribution in [0.2, 0.25) is 0 Å². The Morgan fingerprint density at radius 1 is 1.26 bits per heavy atom. The van der Waals surface area contributed by atoms with E-state index in [1.54, 1.807) is 36.9 Å². The molecule has 1 unspecified atom stereocenters. The number of thiophene rings is 1. The van der Waals surface area contributed by atoms with Crippen LogP contribution in [0, 0.1) is 22.6 Å². The summed E-state index contributed by atoms with van der Waals surface area (Å²) in [6.07, 6.45) is 3.17. The first-order valence-corrected chi connectivity index (χ1v) is 12.5. The fourth-order valence-corrected chi connectivity index (χ4v) is 5.20. The number of carbonyl (C=O) groups excluding carboxylic acids is 2. The first kappa shape index (κ1) is 26.5. The van der Waals surface area contributed by atoms with Crippen LogP contribution < -0.4 is 4.74 Å². The number of esters is 1. The Morgan fingerprint density at radius 3 is 2.63 bits per heavy atom. The van der Waals surface area contributed by atoms with E-state index in [2.05, 4.69) is 0 Å². The van der Waals surface area contributed by atoms with Crippen LogP contribution in [0.3, 0.4) is 0 Å². The lowest BCUT2D eigenvalue weighted by Gasteiger charge is -2.28. The van der Waals surface area contributed by atoms with Gasteiger partial charge in [0.2, 0.25) is 5.91 Å². The number of hydrogen-bond donors (Lipinski definition) is 2. The zero-order chi connectivity index (χ0) is 25.8. The van der Waals surface area contributed by atoms with Gasteiger partial charge in [-0.25, -0.2) is 9.18 Å². The molecule has 0 radical (unpaired) electrons. The molecule has 1 aromatic heterocycles. The lowest BCUT2D eigenvalue weighted by Crippen LogP contribution is -2.41. The lowest BCUT2D eigenvalue weighted by molar-refractivity contribution is -0.142. The van der Waals surface area contributed by atoms with Crippen molar-refractivity contribution in [1.29, 1.82) is 5.41 Å². The molecule has 188 valence electrons. The summed E-state index contributed by atoms with van der Waals surface area (Å²) in [5.41, 5.74) is 0.0358. The third kappa shape index (κ3) is 6.54.